The van der Waals surface area contributed by atoms with Crippen LogP contribution in [0.1, 0.15) is 31.0 Å². The first-order valence-electron chi connectivity index (χ1n) is 5.78. The first-order valence-corrected chi connectivity index (χ1v) is 5.78. The van der Waals surface area contributed by atoms with Crippen molar-refractivity contribution in [3.63, 3.8) is 0 Å². The van der Waals surface area contributed by atoms with Crippen molar-refractivity contribution in [3.8, 4) is 11.3 Å². The van der Waals surface area contributed by atoms with Gasteiger partial charge in [0.05, 0.1) is 5.69 Å². The van der Waals surface area contributed by atoms with Gasteiger partial charge in [0, 0.05) is 11.3 Å². The Morgan fingerprint density at radius 2 is 1.88 bits per heavy atom. The second-order valence-corrected chi connectivity index (χ2v) is 4.56. The summed E-state index contributed by atoms with van der Waals surface area (Å²) in [7, 11) is 0. The maximum absolute atomic E-state index is 5.75. The highest BCUT2D eigenvalue weighted by atomic mass is 15.0. The third-order valence-electron chi connectivity index (χ3n) is 2.67. The molecule has 1 aromatic heterocycles. The lowest BCUT2D eigenvalue weighted by molar-refractivity contribution is 0.819. The predicted octanol–water partition coefficient (Wildman–Crippen LogP) is 3.16. The number of nitrogens with zero attached hydrogens (tertiary/aromatic N) is 2. The average molecular weight is 227 g/mol. The molecule has 0 bridgehead atoms. The van der Waals surface area contributed by atoms with Crippen LogP contribution in [0.5, 0.6) is 0 Å². The van der Waals surface area contributed by atoms with Crippen molar-refractivity contribution in [2.24, 2.45) is 0 Å². The van der Waals surface area contributed by atoms with Crippen LogP contribution in [0.4, 0.5) is 5.95 Å². The first kappa shape index (κ1) is 11.6. The Bertz CT molecular complexity index is 533. The molecule has 0 unspecified atom stereocenters. The number of nitrogens with two attached hydrogens (primary N) is 1. The Morgan fingerprint density at radius 3 is 2.53 bits per heavy atom. The molecule has 0 spiro atoms. The molecule has 0 radical (unpaired) electrons. The van der Waals surface area contributed by atoms with Crippen molar-refractivity contribution in [2.45, 2.75) is 26.7 Å². The number of nitrogen functional groups attached to an aromatic ring is 1. The van der Waals surface area contributed by atoms with E-state index >= 15 is 0 Å². The van der Waals surface area contributed by atoms with E-state index in [1.165, 1.54) is 5.56 Å². The molecular formula is C14H17N3. The second-order valence-electron chi connectivity index (χ2n) is 4.56. The van der Waals surface area contributed by atoms with Crippen molar-refractivity contribution in [2.75, 3.05) is 5.73 Å². The largest absolute Gasteiger partial charge is 0.368 e. The summed E-state index contributed by atoms with van der Waals surface area (Å²) in [6, 6.07) is 10.2. The number of aromatic nitrogens is 2. The fourth-order valence-electron chi connectivity index (χ4n) is 1.73. The predicted molar refractivity (Wildman–Crippen MR) is 70.7 cm³/mol. The van der Waals surface area contributed by atoms with Crippen LogP contribution in [-0.2, 0) is 0 Å². The molecular weight excluding hydrogens is 210 g/mol. The number of hydrogen-bond donors (Lipinski definition) is 1. The summed E-state index contributed by atoms with van der Waals surface area (Å²) in [5, 5.41) is 0. The molecule has 0 aliphatic carbocycles. The molecule has 1 heterocycles. The smallest absolute Gasteiger partial charge is 0.220 e. The summed E-state index contributed by atoms with van der Waals surface area (Å²) in [6.45, 7) is 6.26. The lowest BCUT2D eigenvalue weighted by Gasteiger charge is -2.08. The Balaban J connectivity index is 2.52. The van der Waals surface area contributed by atoms with E-state index < -0.39 is 0 Å². The lowest BCUT2D eigenvalue weighted by Crippen LogP contribution is -2.02. The zero-order valence-electron chi connectivity index (χ0n) is 10.4. The molecule has 3 nitrogen and oxygen atoms in total. The zero-order chi connectivity index (χ0) is 12.4. The van der Waals surface area contributed by atoms with Gasteiger partial charge in [-0.25, -0.2) is 9.97 Å². The van der Waals surface area contributed by atoms with Crippen LogP contribution in [0.2, 0.25) is 0 Å². The normalized spacial score (nSPS) is 10.8. The van der Waals surface area contributed by atoms with Crippen molar-refractivity contribution in [1.82, 2.24) is 9.97 Å². The van der Waals surface area contributed by atoms with Crippen LogP contribution >= 0.6 is 0 Å². The molecule has 0 saturated carbocycles. The maximum Gasteiger partial charge on any atom is 0.220 e. The second kappa shape index (κ2) is 4.53. The highest BCUT2D eigenvalue weighted by Gasteiger charge is 2.07. The van der Waals surface area contributed by atoms with Crippen LogP contribution in [0, 0.1) is 6.92 Å². The van der Waals surface area contributed by atoms with E-state index in [1.54, 1.807) is 0 Å². The van der Waals surface area contributed by atoms with Gasteiger partial charge in [-0.3, -0.25) is 0 Å². The van der Waals surface area contributed by atoms with Gasteiger partial charge in [0.2, 0.25) is 5.95 Å². The van der Waals surface area contributed by atoms with Crippen molar-refractivity contribution >= 4 is 5.95 Å². The molecule has 0 fully saturated rings. The minimum atomic E-state index is 0.340. The van der Waals surface area contributed by atoms with Gasteiger partial charge >= 0.3 is 0 Å². The summed E-state index contributed by atoms with van der Waals surface area (Å²) < 4.78 is 0. The Labute approximate surface area is 102 Å². The zero-order valence-corrected chi connectivity index (χ0v) is 10.4. The molecule has 0 aliphatic heterocycles. The number of aryl methyl sites for hydroxylation is 1. The van der Waals surface area contributed by atoms with Crippen molar-refractivity contribution < 1.29 is 0 Å². The molecule has 2 aromatic rings. The van der Waals surface area contributed by atoms with Gasteiger partial charge in [-0.1, -0.05) is 37.6 Å². The van der Waals surface area contributed by atoms with E-state index in [-0.39, 0.29) is 0 Å². The molecule has 0 saturated heterocycles. The minimum Gasteiger partial charge on any atom is -0.368 e. The lowest BCUT2D eigenvalue weighted by atomic mass is 10.1. The number of rotatable bonds is 2. The third-order valence-corrected chi connectivity index (χ3v) is 2.67. The van der Waals surface area contributed by atoms with Gasteiger partial charge in [0.25, 0.3) is 0 Å². The van der Waals surface area contributed by atoms with Crippen LogP contribution in [0.15, 0.2) is 30.3 Å². The SMILES string of the molecule is Cc1cccc(-c2cc(C(C)C)nc(N)n2)c1. The molecule has 2 N–H and O–H groups in total. The summed E-state index contributed by atoms with van der Waals surface area (Å²) in [5.41, 5.74) is 9.92. The highest BCUT2D eigenvalue weighted by molar-refractivity contribution is 5.61. The van der Waals surface area contributed by atoms with Gasteiger partial charge in [0.1, 0.15) is 0 Å². The summed E-state index contributed by atoms with van der Waals surface area (Å²) in [6.07, 6.45) is 0. The summed E-state index contributed by atoms with van der Waals surface area (Å²) in [4.78, 5) is 8.54. The Kier molecular flexibility index (Phi) is 3.09. The van der Waals surface area contributed by atoms with Gasteiger partial charge in [0.15, 0.2) is 0 Å². The number of anilines is 1. The molecule has 2 rings (SSSR count). The van der Waals surface area contributed by atoms with Crippen LogP contribution in [0.3, 0.4) is 0 Å². The van der Waals surface area contributed by atoms with E-state index in [4.69, 9.17) is 5.73 Å². The average Bonchev–Trinajstić information content (AvgIpc) is 2.28. The van der Waals surface area contributed by atoms with Crippen LogP contribution in [0.25, 0.3) is 11.3 Å². The topological polar surface area (TPSA) is 51.8 Å². The van der Waals surface area contributed by atoms with E-state index in [0.29, 0.717) is 11.9 Å². The van der Waals surface area contributed by atoms with Gasteiger partial charge in [-0.15, -0.1) is 0 Å². The summed E-state index contributed by atoms with van der Waals surface area (Å²) >= 11 is 0. The molecule has 17 heavy (non-hydrogen) atoms. The quantitative estimate of drug-likeness (QED) is 0.857. The van der Waals surface area contributed by atoms with Crippen molar-refractivity contribution in [3.05, 3.63) is 41.6 Å². The van der Waals surface area contributed by atoms with E-state index in [2.05, 4.69) is 42.9 Å². The van der Waals surface area contributed by atoms with Crippen LogP contribution < -0.4 is 5.73 Å². The van der Waals surface area contributed by atoms with Crippen molar-refractivity contribution in [1.29, 1.82) is 0 Å². The Hall–Kier alpha value is -1.90. The Morgan fingerprint density at radius 1 is 1.12 bits per heavy atom. The molecule has 0 atom stereocenters. The molecule has 1 aromatic carbocycles. The van der Waals surface area contributed by atoms with E-state index in [1.807, 2.05) is 18.2 Å². The molecule has 0 amide bonds. The molecule has 0 aliphatic rings. The minimum absolute atomic E-state index is 0.340. The maximum atomic E-state index is 5.75. The van der Waals surface area contributed by atoms with Gasteiger partial charge < -0.3 is 5.73 Å². The highest BCUT2D eigenvalue weighted by Crippen LogP contribution is 2.22. The fraction of sp³-hybridized carbons (Fsp3) is 0.286. The van der Waals surface area contributed by atoms with Crippen LogP contribution in [-0.4, -0.2) is 9.97 Å². The van der Waals surface area contributed by atoms with Gasteiger partial charge in [-0.05, 0) is 25.0 Å². The monoisotopic (exact) mass is 227 g/mol. The van der Waals surface area contributed by atoms with E-state index in [0.717, 1.165) is 17.0 Å². The first-order chi connectivity index (χ1) is 8.06. The third kappa shape index (κ3) is 2.61. The van der Waals surface area contributed by atoms with Gasteiger partial charge in [-0.2, -0.15) is 0 Å². The standard InChI is InChI=1S/C14H17N3/c1-9(2)12-8-13(17-14(15)16-12)11-6-4-5-10(3)7-11/h4-9H,1-3H3,(H2,15,16,17). The number of hydrogen-bond acceptors (Lipinski definition) is 3. The molecule has 88 valence electrons. The number of benzene rings is 1. The fourth-order valence-corrected chi connectivity index (χ4v) is 1.73. The molecule has 3 heteroatoms. The summed E-state index contributed by atoms with van der Waals surface area (Å²) in [5.74, 6) is 0.691. The van der Waals surface area contributed by atoms with E-state index in [9.17, 15) is 0 Å².